The van der Waals surface area contributed by atoms with Gasteiger partial charge in [0.2, 0.25) is 0 Å². The third-order valence-electron chi connectivity index (χ3n) is 2.17. The van der Waals surface area contributed by atoms with Crippen molar-refractivity contribution < 1.29 is 0 Å². The average Bonchev–Trinajstić information content (AvgIpc) is 2.79. The first-order chi connectivity index (χ1) is 7.90. The summed E-state index contributed by atoms with van der Waals surface area (Å²) in [6, 6.07) is 5.82. The number of aryl methyl sites for hydroxylation is 1. The zero-order valence-corrected chi connectivity index (χ0v) is 10.00. The van der Waals surface area contributed by atoms with E-state index in [2.05, 4.69) is 20.5 Å². The van der Waals surface area contributed by atoms with Crippen molar-refractivity contribution in [2.24, 2.45) is 0 Å². The Labute approximate surface area is 98.8 Å². The first-order valence-corrected chi connectivity index (χ1v) is 6.10. The molecule has 2 aromatic heterocycles. The van der Waals surface area contributed by atoms with Gasteiger partial charge in [0.15, 0.2) is 5.01 Å². The molecule has 0 unspecified atom stereocenters. The lowest BCUT2D eigenvalue weighted by Crippen LogP contribution is -2.08. The summed E-state index contributed by atoms with van der Waals surface area (Å²) in [5.41, 5.74) is 0.903. The van der Waals surface area contributed by atoms with Gasteiger partial charge >= 0.3 is 0 Å². The van der Waals surface area contributed by atoms with Crippen LogP contribution in [0.4, 0.5) is 0 Å². The van der Waals surface area contributed by atoms with Crippen LogP contribution in [0.1, 0.15) is 11.4 Å². The fourth-order valence-electron chi connectivity index (χ4n) is 1.36. The maximum atomic E-state index is 4.25. The van der Waals surface area contributed by atoms with Gasteiger partial charge in [-0.2, -0.15) is 0 Å². The van der Waals surface area contributed by atoms with Crippen LogP contribution in [0, 0.1) is 0 Å². The highest BCUT2D eigenvalue weighted by Gasteiger charge is 2.06. The van der Waals surface area contributed by atoms with Gasteiger partial charge in [0.05, 0.1) is 0 Å². The highest BCUT2D eigenvalue weighted by molar-refractivity contribution is 7.14. The molecule has 0 saturated carbocycles. The van der Waals surface area contributed by atoms with E-state index in [1.54, 1.807) is 17.5 Å². The number of hydrogen-bond acceptors (Lipinski definition) is 5. The molecule has 0 atom stereocenters. The summed E-state index contributed by atoms with van der Waals surface area (Å²) in [6.45, 7) is 1.01. The van der Waals surface area contributed by atoms with E-state index >= 15 is 0 Å². The number of hydrogen-bond donors (Lipinski definition) is 1. The summed E-state index contributed by atoms with van der Waals surface area (Å²) in [5, 5.41) is 13.4. The van der Waals surface area contributed by atoms with E-state index in [9.17, 15) is 0 Å². The van der Waals surface area contributed by atoms with Crippen LogP contribution in [0.3, 0.4) is 0 Å². The van der Waals surface area contributed by atoms with Crippen molar-refractivity contribution in [3.63, 3.8) is 0 Å². The predicted molar refractivity (Wildman–Crippen MR) is 65.4 cm³/mol. The maximum Gasteiger partial charge on any atom is 0.166 e. The van der Waals surface area contributed by atoms with Crippen LogP contribution < -0.4 is 5.32 Å². The summed E-state index contributed by atoms with van der Waals surface area (Å²) in [7, 11) is 1.96. The molecule has 0 aliphatic rings. The number of rotatable bonds is 5. The van der Waals surface area contributed by atoms with Gasteiger partial charge in [-0.05, 0) is 32.1 Å². The summed E-state index contributed by atoms with van der Waals surface area (Å²) in [6.07, 6.45) is 3.84. The van der Waals surface area contributed by atoms with Gasteiger partial charge in [-0.25, -0.2) is 0 Å². The van der Waals surface area contributed by atoms with Gasteiger partial charge in [0.25, 0.3) is 0 Å². The Morgan fingerprint density at radius 2 is 2.25 bits per heavy atom. The molecule has 0 aliphatic heterocycles. The molecule has 4 nitrogen and oxygen atoms in total. The molecule has 5 heteroatoms. The molecule has 0 radical (unpaired) electrons. The van der Waals surface area contributed by atoms with Crippen molar-refractivity contribution in [2.45, 2.75) is 12.8 Å². The van der Waals surface area contributed by atoms with Gasteiger partial charge in [-0.1, -0.05) is 17.4 Å². The molecule has 0 amide bonds. The Morgan fingerprint density at radius 1 is 1.31 bits per heavy atom. The number of nitrogens with zero attached hydrogens (tertiary/aromatic N) is 3. The fourth-order valence-corrected chi connectivity index (χ4v) is 2.22. The Balaban J connectivity index is 2.02. The minimum atomic E-state index is 0.903. The predicted octanol–water partition coefficient (Wildman–Crippen LogP) is 1.75. The summed E-state index contributed by atoms with van der Waals surface area (Å²) >= 11 is 1.62. The smallest absolute Gasteiger partial charge is 0.166 e. The fraction of sp³-hybridized carbons (Fsp3) is 0.364. The van der Waals surface area contributed by atoms with Crippen molar-refractivity contribution in [1.29, 1.82) is 0 Å². The van der Waals surface area contributed by atoms with E-state index in [1.807, 2.05) is 25.2 Å². The zero-order chi connectivity index (χ0) is 11.2. The normalized spacial score (nSPS) is 10.6. The minimum Gasteiger partial charge on any atom is -0.320 e. The third-order valence-corrected chi connectivity index (χ3v) is 3.17. The lowest BCUT2D eigenvalue weighted by molar-refractivity contribution is 0.718. The van der Waals surface area contributed by atoms with E-state index in [0.29, 0.717) is 0 Å². The van der Waals surface area contributed by atoms with Crippen LogP contribution in [0.15, 0.2) is 24.4 Å². The Bertz CT molecular complexity index is 427. The Morgan fingerprint density at radius 3 is 3.00 bits per heavy atom. The highest BCUT2D eigenvalue weighted by Crippen LogP contribution is 2.21. The number of aromatic nitrogens is 3. The number of pyridine rings is 1. The molecule has 0 aromatic carbocycles. The van der Waals surface area contributed by atoms with Gasteiger partial charge in [-0.15, -0.1) is 10.2 Å². The summed E-state index contributed by atoms with van der Waals surface area (Å²) < 4.78 is 0. The molecule has 2 heterocycles. The topological polar surface area (TPSA) is 50.7 Å². The molecular formula is C11H14N4S. The Hall–Kier alpha value is -1.33. The average molecular weight is 234 g/mol. The summed E-state index contributed by atoms with van der Waals surface area (Å²) in [4.78, 5) is 4.25. The molecule has 84 valence electrons. The maximum absolute atomic E-state index is 4.25. The lowest BCUT2D eigenvalue weighted by atomic mass is 10.3. The van der Waals surface area contributed by atoms with Crippen LogP contribution in [0.25, 0.3) is 10.7 Å². The largest absolute Gasteiger partial charge is 0.320 e. The van der Waals surface area contributed by atoms with Crippen molar-refractivity contribution in [2.75, 3.05) is 13.6 Å². The molecule has 0 bridgehead atoms. The van der Waals surface area contributed by atoms with Crippen LogP contribution >= 0.6 is 11.3 Å². The quantitative estimate of drug-likeness (QED) is 0.801. The highest BCUT2D eigenvalue weighted by atomic mass is 32.1. The van der Waals surface area contributed by atoms with E-state index < -0.39 is 0 Å². The second-order valence-corrected chi connectivity index (χ2v) is 4.49. The van der Waals surface area contributed by atoms with Gasteiger partial charge < -0.3 is 5.32 Å². The van der Waals surface area contributed by atoms with Crippen molar-refractivity contribution in [3.05, 3.63) is 29.4 Å². The third kappa shape index (κ3) is 2.84. The van der Waals surface area contributed by atoms with Crippen LogP contribution in [-0.2, 0) is 6.42 Å². The van der Waals surface area contributed by atoms with E-state index in [1.165, 1.54) is 0 Å². The van der Waals surface area contributed by atoms with Crippen molar-refractivity contribution in [1.82, 2.24) is 20.5 Å². The van der Waals surface area contributed by atoms with Crippen LogP contribution in [0.2, 0.25) is 0 Å². The zero-order valence-electron chi connectivity index (χ0n) is 9.18. The number of nitrogens with one attached hydrogen (secondary N) is 1. The second-order valence-electron chi connectivity index (χ2n) is 3.42. The second kappa shape index (κ2) is 5.67. The molecule has 0 aliphatic carbocycles. The summed E-state index contributed by atoms with van der Waals surface area (Å²) in [5.74, 6) is 0. The lowest BCUT2D eigenvalue weighted by Gasteiger charge is -1.94. The van der Waals surface area contributed by atoms with E-state index in [-0.39, 0.29) is 0 Å². The molecule has 2 aromatic rings. The minimum absolute atomic E-state index is 0.903. The van der Waals surface area contributed by atoms with E-state index in [0.717, 1.165) is 35.1 Å². The van der Waals surface area contributed by atoms with Gasteiger partial charge in [0.1, 0.15) is 10.7 Å². The molecule has 0 spiro atoms. The van der Waals surface area contributed by atoms with Gasteiger partial charge in [-0.3, -0.25) is 4.98 Å². The first-order valence-electron chi connectivity index (χ1n) is 5.28. The van der Waals surface area contributed by atoms with Crippen molar-refractivity contribution >= 4 is 11.3 Å². The SMILES string of the molecule is CNCCCc1nnc(-c2ccccn2)s1. The molecule has 2 rings (SSSR count). The monoisotopic (exact) mass is 234 g/mol. The van der Waals surface area contributed by atoms with Crippen LogP contribution in [0.5, 0.6) is 0 Å². The molecule has 1 N–H and O–H groups in total. The van der Waals surface area contributed by atoms with E-state index in [4.69, 9.17) is 0 Å². The molecular weight excluding hydrogens is 220 g/mol. The van der Waals surface area contributed by atoms with Crippen LogP contribution in [-0.4, -0.2) is 28.8 Å². The molecule has 0 saturated heterocycles. The van der Waals surface area contributed by atoms with Gasteiger partial charge in [0, 0.05) is 12.6 Å². The molecule has 0 fully saturated rings. The molecule has 16 heavy (non-hydrogen) atoms. The Kier molecular flexibility index (Phi) is 3.96. The van der Waals surface area contributed by atoms with Crippen molar-refractivity contribution in [3.8, 4) is 10.7 Å². The standard InChI is InChI=1S/C11H14N4S/c1-12-7-4-6-10-14-15-11(16-10)9-5-2-3-8-13-9/h2-3,5,8,12H,4,6-7H2,1H3. The first kappa shape index (κ1) is 11.2.